The van der Waals surface area contributed by atoms with E-state index in [0.29, 0.717) is 5.82 Å². The lowest BCUT2D eigenvalue weighted by Crippen LogP contribution is -1.97. The van der Waals surface area contributed by atoms with Crippen molar-refractivity contribution in [1.82, 2.24) is 9.97 Å². The summed E-state index contributed by atoms with van der Waals surface area (Å²) in [4.78, 5) is 10.3. The molecule has 46 heavy (non-hydrogen) atoms. The predicted octanol–water partition coefficient (Wildman–Crippen LogP) is 11.7. The van der Waals surface area contributed by atoms with Crippen LogP contribution in [-0.4, -0.2) is 9.97 Å². The van der Waals surface area contributed by atoms with Crippen molar-refractivity contribution in [2.24, 2.45) is 0 Å². The van der Waals surface area contributed by atoms with Crippen LogP contribution in [0.4, 0.5) is 0 Å². The van der Waals surface area contributed by atoms with Gasteiger partial charge < -0.3 is 0 Å². The summed E-state index contributed by atoms with van der Waals surface area (Å²) in [6.45, 7) is 4.35. The monoisotopic (exact) mass is 588 g/mol. The van der Waals surface area contributed by atoms with Gasteiger partial charge in [0.05, 0.1) is 11.4 Å². The van der Waals surface area contributed by atoms with Crippen LogP contribution in [0.15, 0.2) is 158 Å². The van der Waals surface area contributed by atoms with Gasteiger partial charge in [0.2, 0.25) is 0 Å². The zero-order valence-corrected chi connectivity index (χ0v) is 25.9. The largest absolute Gasteiger partial charge is 0.228 e. The molecule has 1 heterocycles. The van der Waals surface area contributed by atoms with Crippen LogP contribution in [0.25, 0.3) is 77.7 Å². The molecule has 0 aliphatic rings. The van der Waals surface area contributed by atoms with E-state index in [1.165, 1.54) is 49.4 Å². The molecule has 0 saturated carbocycles. The molecular weight excluding hydrogens is 556 g/mol. The predicted molar refractivity (Wildman–Crippen MR) is 194 cm³/mol. The molecule has 0 atom stereocenters. The second-order valence-corrected chi connectivity index (χ2v) is 12.0. The maximum atomic E-state index is 5.21. The van der Waals surface area contributed by atoms with E-state index in [2.05, 4.69) is 147 Å². The van der Waals surface area contributed by atoms with Crippen LogP contribution in [0.2, 0.25) is 0 Å². The molecule has 0 fully saturated rings. The van der Waals surface area contributed by atoms with Gasteiger partial charge in [-0.3, -0.25) is 0 Å². The lowest BCUT2D eigenvalue weighted by Gasteiger charge is -2.16. The first-order valence-corrected chi connectivity index (χ1v) is 15.7. The highest BCUT2D eigenvalue weighted by Crippen LogP contribution is 2.40. The van der Waals surface area contributed by atoms with Gasteiger partial charge in [0, 0.05) is 16.7 Å². The van der Waals surface area contributed by atoms with Crippen LogP contribution in [-0.2, 0) is 0 Å². The molecule has 0 N–H and O–H groups in total. The topological polar surface area (TPSA) is 25.8 Å². The highest BCUT2D eigenvalue weighted by Gasteiger charge is 2.16. The van der Waals surface area contributed by atoms with Crippen molar-refractivity contribution < 1.29 is 0 Å². The van der Waals surface area contributed by atoms with E-state index >= 15 is 0 Å². The molecule has 0 spiro atoms. The normalized spacial score (nSPS) is 11.3. The average Bonchev–Trinajstić information content (AvgIpc) is 3.11. The third kappa shape index (κ3) is 5.14. The summed E-state index contributed by atoms with van der Waals surface area (Å²) in [5.41, 5.74) is 12.2. The van der Waals surface area contributed by atoms with Gasteiger partial charge >= 0.3 is 0 Å². The molecule has 0 radical (unpaired) electrons. The Bertz CT molecular complexity index is 2320. The Hall–Kier alpha value is -5.86. The van der Waals surface area contributed by atoms with Gasteiger partial charge in [-0.25, -0.2) is 9.97 Å². The Kier molecular flexibility index (Phi) is 6.96. The molecular formula is C44H32N2. The van der Waals surface area contributed by atoms with Crippen LogP contribution < -0.4 is 0 Å². The minimum Gasteiger partial charge on any atom is -0.228 e. The average molecular weight is 589 g/mol. The minimum absolute atomic E-state index is 0.714. The molecule has 8 rings (SSSR count). The summed E-state index contributed by atoms with van der Waals surface area (Å²) in [5.74, 6) is 0.714. The Balaban J connectivity index is 1.42. The van der Waals surface area contributed by atoms with E-state index in [1.54, 1.807) is 0 Å². The van der Waals surface area contributed by atoms with E-state index in [9.17, 15) is 0 Å². The van der Waals surface area contributed by atoms with E-state index < -0.39 is 0 Å². The van der Waals surface area contributed by atoms with Gasteiger partial charge in [0.1, 0.15) is 0 Å². The fourth-order valence-corrected chi connectivity index (χ4v) is 6.59. The standard InChI is InChI=1S/C44H32N2/c1-29-21-22-37(30(2)23-29)34-24-35(41-27-33-17-9-10-18-38(33)39-19-11-12-20-40(39)41)26-36(25-34)43-28-42(31-13-5-3-6-14-31)45-44(46-43)32-15-7-4-8-16-32/h3-28H,1-2H3. The number of hydrogen-bond donors (Lipinski definition) is 0. The molecule has 1 aromatic heterocycles. The highest BCUT2D eigenvalue weighted by molar-refractivity contribution is 6.14. The van der Waals surface area contributed by atoms with Crippen molar-refractivity contribution in [3.8, 4) is 56.2 Å². The van der Waals surface area contributed by atoms with E-state index in [1.807, 2.05) is 24.3 Å². The van der Waals surface area contributed by atoms with Crippen LogP contribution in [0.5, 0.6) is 0 Å². The summed E-state index contributed by atoms with van der Waals surface area (Å²) in [5, 5.41) is 4.99. The summed E-state index contributed by atoms with van der Waals surface area (Å²) < 4.78 is 0. The van der Waals surface area contributed by atoms with E-state index in [0.717, 1.165) is 33.6 Å². The molecule has 0 amide bonds. The number of fused-ring (bicyclic) bond motifs is 3. The smallest absolute Gasteiger partial charge is 0.160 e. The molecule has 0 saturated heterocycles. The van der Waals surface area contributed by atoms with Crippen LogP contribution in [0.3, 0.4) is 0 Å². The number of benzene rings is 7. The zero-order valence-electron chi connectivity index (χ0n) is 25.9. The van der Waals surface area contributed by atoms with Crippen molar-refractivity contribution >= 4 is 21.5 Å². The maximum absolute atomic E-state index is 5.21. The van der Waals surface area contributed by atoms with Crippen molar-refractivity contribution in [3.05, 3.63) is 169 Å². The van der Waals surface area contributed by atoms with Crippen LogP contribution in [0, 0.1) is 13.8 Å². The van der Waals surface area contributed by atoms with Crippen molar-refractivity contribution in [3.63, 3.8) is 0 Å². The number of aromatic nitrogens is 2. The third-order valence-corrected chi connectivity index (χ3v) is 8.83. The van der Waals surface area contributed by atoms with Gasteiger partial charge in [-0.05, 0) is 93.5 Å². The molecule has 218 valence electrons. The Morgan fingerprint density at radius 3 is 1.65 bits per heavy atom. The first-order valence-electron chi connectivity index (χ1n) is 15.7. The van der Waals surface area contributed by atoms with Crippen molar-refractivity contribution in [1.29, 1.82) is 0 Å². The summed E-state index contributed by atoms with van der Waals surface area (Å²) in [7, 11) is 0. The third-order valence-electron chi connectivity index (χ3n) is 8.83. The second-order valence-electron chi connectivity index (χ2n) is 12.0. The van der Waals surface area contributed by atoms with Gasteiger partial charge in [0.15, 0.2) is 5.82 Å². The Morgan fingerprint density at radius 2 is 0.935 bits per heavy atom. The quantitative estimate of drug-likeness (QED) is 0.187. The van der Waals surface area contributed by atoms with E-state index in [-0.39, 0.29) is 0 Å². The number of nitrogens with zero attached hydrogens (tertiary/aromatic N) is 2. The number of rotatable bonds is 5. The fourth-order valence-electron chi connectivity index (χ4n) is 6.59. The first kappa shape index (κ1) is 27.7. The van der Waals surface area contributed by atoms with E-state index in [4.69, 9.17) is 9.97 Å². The summed E-state index contributed by atoms with van der Waals surface area (Å²) in [6, 6.07) is 56.2. The van der Waals surface area contributed by atoms with Crippen molar-refractivity contribution in [2.75, 3.05) is 0 Å². The minimum atomic E-state index is 0.714. The molecule has 0 aliphatic heterocycles. The van der Waals surface area contributed by atoms with Gasteiger partial charge in [-0.2, -0.15) is 0 Å². The van der Waals surface area contributed by atoms with Gasteiger partial charge in [-0.1, -0.05) is 133 Å². The molecule has 2 nitrogen and oxygen atoms in total. The van der Waals surface area contributed by atoms with Crippen LogP contribution >= 0.6 is 0 Å². The second kappa shape index (κ2) is 11.6. The molecule has 0 aliphatic carbocycles. The molecule has 7 aromatic carbocycles. The van der Waals surface area contributed by atoms with Gasteiger partial charge in [-0.15, -0.1) is 0 Å². The maximum Gasteiger partial charge on any atom is 0.160 e. The summed E-state index contributed by atoms with van der Waals surface area (Å²) >= 11 is 0. The Morgan fingerprint density at radius 1 is 0.370 bits per heavy atom. The molecule has 0 unspecified atom stereocenters. The molecule has 2 heteroatoms. The molecule has 0 bridgehead atoms. The lowest BCUT2D eigenvalue weighted by molar-refractivity contribution is 1.18. The zero-order chi connectivity index (χ0) is 31.0. The number of hydrogen-bond acceptors (Lipinski definition) is 2. The summed E-state index contributed by atoms with van der Waals surface area (Å²) in [6.07, 6.45) is 0. The first-order chi connectivity index (χ1) is 22.6. The highest BCUT2D eigenvalue weighted by atomic mass is 14.9. The Labute approximate surface area is 269 Å². The van der Waals surface area contributed by atoms with Crippen molar-refractivity contribution in [2.45, 2.75) is 13.8 Å². The van der Waals surface area contributed by atoms with Gasteiger partial charge in [0.25, 0.3) is 0 Å². The van der Waals surface area contributed by atoms with Crippen LogP contribution in [0.1, 0.15) is 11.1 Å². The number of aryl methyl sites for hydroxylation is 2. The lowest BCUT2D eigenvalue weighted by atomic mass is 9.89. The fraction of sp³-hybridized carbons (Fsp3) is 0.0455. The SMILES string of the molecule is Cc1ccc(-c2cc(-c3cc(-c4ccccc4)nc(-c4ccccc4)n3)cc(-c3cc4ccccc4c4ccccc34)c2)c(C)c1. The molecule has 8 aromatic rings.